The SMILES string of the molecule is CC1=NN(C)C2NC(C)C=C(C(=O)N3CCC[C@H](CO[C@@H]4CCC[C@@H]5NS(=O)(=O)N=C(N)C54)C3)C12. The summed E-state index contributed by atoms with van der Waals surface area (Å²) < 4.78 is 36.5. The van der Waals surface area contributed by atoms with Crippen LogP contribution < -0.4 is 15.8 Å². The second-order valence-electron chi connectivity index (χ2n) is 10.6. The molecule has 1 aliphatic carbocycles. The molecule has 0 aromatic rings. The molecule has 0 aromatic heterocycles. The number of nitrogens with one attached hydrogen (secondary N) is 2. The van der Waals surface area contributed by atoms with Gasteiger partial charge in [0, 0.05) is 43.5 Å². The third-order valence-electron chi connectivity index (χ3n) is 7.99. The van der Waals surface area contributed by atoms with E-state index in [4.69, 9.17) is 10.5 Å². The lowest BCUT2D eigenvalue weighted by Crippen LogP contribution is -2.56. The van der Waals surface area contributed by atoms with Crippen LogP contribution in [0.4, 0.5) is 0 Å². The lowest BCUT2D eigenvalue weighted by molar-refractivity contribution is -0.130. The minimum absolute atomic E-state index is 0.0113. The van der Waals surface area contributed by atoms with Crippen molar-refractivity contribution in [3.63, 3.8) is 0 Å². The topological polar surface area (TPSA) is 142 Å². The van der Waals surface area contributed by atoms with Gasteiger partial charge in [-0.3, -0.25) is 15.1 Å². The van der Waals surface area contributed by atoms with Crippen LogP contribution in [0, 0.1) is 17.8 Å². The van der Waals surface area contributed by atoms with Gasteiger partial charge in [0.25, 0.3) is 0 Å². The molecule has 7 atom stereocenters. The normalized spacial score (nSPS) is 38.7. The van der Waals surface area contributed by atoms with E-state index in [-0.39, 0.29) is 53.8 Å². The zero-order valence-corrected chi connectivity index (χ0v) is 21.5. The Morgan fingerprint density at radius 2 is 2.09 bits per heavy atom. The zero-order valence-electron chi connectivity index (χ0n) is 20.7. The van der Waals surface area contributed by atoms with Gasteiger partial charge in [0.05, 0.1) is 24.5 Å². The van der Waals surface area contributed by atoms with E-state index in [0.29, 0.717) is 13.2 Å². The quantitative estimate of drug-likeness (QED) is 0.492. The van der Waals surface area contributed by atoms with Crippen LogP contribution in [0.15, 0.2) is 21.1 Å². The molecule has 4 N–H and O–H groups in total. The van der Waals surface area contributed by atoms with Crippen LogP contribution in [0.2, 0.25) is 0 Å². The molecular formula is C23H37N7O4S. The third kappa shape index (κ3) is 4.85. The van der Waals surface area contributed by atoms with Gasteiger partial charge in [0.15, 0.2) is 0 Å². The van der Waals surface area contributed by atoms with E-state index in [2.05, 4.69) is 32.5 Å². The van der Waals surface area contributed by atoms with E-state index in [1.165, 1.54) is 0 Å². The number of nitrogens with two attached hydrogens (primary N) is 1. The fourth-order valence-electron chi connectivity index (χ4n) is 6.43. The van der Waals surface area contributed by atoms with Crippen molar-refractivity contribution in [2.75, 3.05) is 26.7 Å². The second kappa shape index (κ2) is 9.45. The standard InChI is InChI=1S/C23H37N7O4S/c1-13-10-16(19-14(2)26-29(3)22(19)25-13)23(31)30-9-5-6-15(11-30)12-34-18-8-4-7-17-20(18)21(24)28-35(32,33)27-17/h10,13,15,17-20,22,25,27H,4-9,11-12H2,1-3H3,(H2,24,28)/t13?,15-,17-,18+,19?,20?,22?/m0/s1. The van der Waals surface area contributed by atoms with Crippen molar-refractivity contribution in [3.8, 4) is 0 Å². The average Bonchev–Trinajstić information content (AvgIpc) is 3.08. The Hall–Kier alpha value is -2.02. The lowest BCUT2D eigenvalue weighted by atomic mass is 9.81. The van der Waals surface area contributed by atoms with E-state index in [1.54, 1.807) is 0 Å². The van der Waals surface area contributed by atoms with Crippen LogP contribution in [0.5, 0.6) is 0 Å². The minimum Gasteiger partial charge on any atom is -0.386 e. The summed E-state index contributed by atoms with van der Waals surface area (Å²) in [7, 11) is -1.77. The Labute approximate surface area is 207 Å². The maximum absolute atomic E-state index is 13.7. The molecule has 0 aromatic carbocycles. The summed E-state index contributed by atoms with van der Waals surface area (Å²) in [6.45, 7) is 5.97. The summed E-state index contributed by atoms with van der Waals surface area (Å²) in [4.78, 5) is 15.6. The molecule has 4 aliphatic heterocycles. The van der Waals surface area contributed by atoms with Crippen LogP contribution in [-0.4, -0.2) is 86.9 Å². The maximum atomic E-state index is 13.7. The summed E-state index contributed by atoms with van der Waals surface area (Å²) in [5.41, 5.74) is 7.85. The van der Waals surface area contributed by atoms with Crippen LogP contribution in [0.1, 0.15) is 46.0 Å². The first-order valence-corrected chi connectivity index (χ1v) is 14.1. The van der Waals surface area contributed by atoms with Gasteiger partial charge in [-0.15, -0.1) is 4.40 Å². The van der Waals surface area contributed by atoms with Gasteiger partial charge in [0.2, 0.25) is 5.91 Å². The first-order valence-electron chi connectivity index (χ1n) is 12.7. The Kier molecular flexibility index (Phi) is 6.66. The fourth-order valence-corrected chi connectivity index (χ4v) is 7.53. The van der Waals surface area contributed by atoms with Crippen LogP contribution in [0.3, 0.4) is 0 Å². The first kappa shape index (κ1) is 24.7. The predicted molar refractivity (Wildman–Crippen MR) is 133 cm³/mol. The molecular weight excluding hydrogens is 470 g/mol. The van der Waals surface area contributed by atoms with Crippen molar-refractivity contribution in [3.05, 3.63) is 11.6 Å². The van der Waals surface area contributed by atoms with Crippen LogP contribution in [0.25, 0.3) is 0 Å². The number of hydrogen-bond donors (Lipinski definition) is 3. The first-order chi connectivity index (χ1) is 16.6. The number of fused-ring (bicyclic) bond motifs is 2. The molecule has 1 amide bonds. The highest BCUT2D eigenvalue weighted by Crippen LogP contribution is 2.34. The smallest absolute Gasteiger partial charge is 0.321 e. The number of hydrogen-bond acceptors (Lipinski definition) is 8. The van der Waals surface area contributed by atoms with E-state index in [1.807, 2.05) is 23.9 Å². The Bertz CT molecular complexity index is 1060. The van der Waals surface area contributed by atoms with Crippen LogP contribution >= 0.6 is 0 Å². The molecule has 1 saturated carbocycles. The number of amidine groups is 1. The van der Waals surface area contributed by atoms with Crippen LogP contribution in [-0.2, 0) is 19.7 Å². The summed E-state index contributed by atoms with van der Waals surface area (Å²) in [6, 6.07) is -0.168. The average molecular weight is 508 g/mol. The molecule has 4 unspecified atom stereocenters. The lowest BCUT2D eigenvalue weighted by Gasteiger charge is -2.41. The highest BCUT2D eigenvalue weighted by atomic mass is 32.2. The van der Waals surface area contributed by atoms with Gasteiger partial charge >= 0.3 is 10.2 Å². The van der Waals surface area contributed by atoms with Crippen molar-refractivity contribution < 1.29 is 17.9 Å². The molecule has 5 rings (SSSR count). The number of ether oxygens (including phenoxy) is 1. The minimum atomic E-state index is -3.71. The zero-order chi connectivity index (χ0) is 24.9. The molecule has 4 heterocycles. The number of amides is 1. The molecule has 12 heteroatoms. The molecule has 11 nitrogen and oxygen atoms in total. The van der Waals surface area contributed by atoms with Gasteiger partial charge in [-0.1, -0.05) is 6.08 Å². The van der Waals surface area contributed by atoms with E-state index in [9.17, 15) is 13.2 Å². The molecule has 0 bridgehead atoms. The van der Waals surface area contributed by atoms with E-state index < -0.39 is 10.2 Å². The van der Waals surface area contributed by atoms with Gasteiger partial charge in [-0.25, -0.2) is 0 Å². The number of carbonyl (C=O) groups excluding carboxylic acids is 1. The number of rotatable bonds is 4. The highest BCUT2D eigenvalue weighted by Gasteiger charge is 2.44. The molecule has 0 radical (unpaired) electrons. The monoisotopic (exact) mass is 507 g/mol. The van der Waals surface area contributed by atoms with E-state index >= 15 is 0 Å². The fraction of sp³-hybridized carbons (Fsp3) is 0.783. The summed E-state index contributed by atoms with van der Waals surface area (Å²) in [6.07, 6.45) is 6.24. The number of piperidine rings is 1. The van der Waals surface area contributed by atoms with Crippen molar-refractivity contribution in [2.45, 2.75) is 70.3 Å². The Balaban J connectivity index is 1.23. The Morgan fingerprint density at radius 3 is 2.89 bits per heavy atom. The summed E-state index contributed by atoms with van der Waals surface area (Å²) in [5.74, 6) is 0.186. The van der Waals surface area contributed by atoms with Crippen molar-refractivity contribution >= 4 is 27.7 Å². The van der Waals surface area contributed by atoms with Gasteiger partial charge in [-0.2, -0.15) is 18.2 Å². The van der Waals surface area contributed by atoms with E-state index in [0.717, 1.165) is 49.9 Å². The number of hydrazone groups is 1. The number of carbonyl (C=O) groups is 1. The summed E-state index contributed by atoms with van der Waals surface area (Å²) >= 11 is 0. The van der Waals surface area contributed by atoms with Gasteiger partial charge < -0.3 is 15.4 Å². The highest BCUT2D eigenvalue weighted by molar-refractivity contribution is 7.88. The van der Waals surface area contributed by atoms with Crippen molar-refractivity contribution in [1.29, 1.82) is 0 Å². The molecule has 2 fully saturated rings. The largest absolute Gasteiger partial charge is 0.386 e. The predicted octanol–water partition coefficient (Wildman–Crippen LogP) is 0.166. The molecule has 5 aliphatic rings. The Morgan fingerprint density at radius 1 is 1.29 bits per heavy atom. The molecule has 194 valence electrons. The van der Waals surface area contributed by atoms with Gasteiger partial charge in [-0.05, 0) is 51.9 Å². The van der Waals surface area contributed by atoms with Crippen molar-refractivity contribution in [1.82, 2.24) is 19.9 Å². The van der Waals surface area contributed by atoms with Crippen molar-refractivity contribution in [2.24, 2.45) is 33.0 Å². The molecule has 1 saturated heterocycles. The maximum Gasteiger partial charge on any atom is 0.321 e. The molecule has 0 spiro atoms. The number of likely N-dealkylation sites (tertiary alicyclic amines) is 1. The van der Waals surface area contributed by atoms with Gasteiger partial charge in [0.1, 0.15) is 12.0 Å². The molecule has 35 heavy (non-hydrogen) atoms. The second-order valence-corrected chi connectivity index (χ2v) is 12.0. The number of nitrogens with zero attached hydrogens (tertiary/aromatic N) is 4. The summed E-state index contributed by atoms with van der Waals surface area (Å²) in [5, 5.41) is 10.0. The third-order valence-corrected chi connectivity index (χ3v) is 9.04.